The molecule has 4 aromatic rings. The first-order valence-electron chi connectivity index (χ1n) is 9.48. The summed E-state index contributed by atoms with van der Waals surface area (Å²) in [7, 11) is 0. The van der Waals surface area contributed by atoms with Gasteiger partial charge in [-0.2, -0.15) is 0 Å². The Kier molecular flexibility index (Phi) is 6.59. The van der Waals surface area contributed by atoms with Crippen LogP contribution in [0.2, 0.25) is 0 Å². The fraction of sp³-hybridized carbons (Fsp3) is 0.0870. The topological polar surface area (TPSA) is 76.4 Å². The van der Waals surface area contributed by atoms with Crippen molar-refractivity contribution in [2.45, 2.75) is 6.42 Å². The number of rotatable bonds is 6. The number of oxazole rings is 1. The van der Waals surface area contributed by atoms with Crippen LogP contribution < -0.4 is 15.4 Å². The Morgan fingerprint density at radius 1 is 1.03 bits per heavy atom. The largest absolute Gasteiger partial charge is 0.484 e. The molecule has 0 unspecified atom stereocenters. The van der Waals surface area contributed by atoms with Crippen molar-refractivity contribution in [1.82, 2.24) is 10.3 Å². The number of nitrogens with one attached hydrogen (secondary N) is 2. The molecule has 0 bridgehead atoms. The predicted molar refractivity (Wildman–Crippen MR) is 127 cm³/mol. The lowest BCUT2D eigenvalue weighted by atomic mass is 10.1. The molecule has 1 heterocycles. The van der Waals surface area contributed by atoms with Crippen LogP contribution in [0.1, 0.15) is 11.5 Å². The number of fused-ring (bicyclic) bond motifs is 1. The van der Waals surface area contributed by atoms with Crippen molar-refractivity contribution in [3.8, 4) is 5.75 Å². The average molecular weight is 496 g/mol. The second kappa shape index (κ2) is 9.72. The van der Waals surface area contributed by atoms with Crippen LogP contribution in [0.25, 0.3) is 11.1 Å². The molecule has 3 aromatic carbocycles. The SMILES string of the molecule is O=C(COc1ccc(Br)cc1)NC(=S)Nc1ccc(Cc2nc3ccccc3o2)cc1. The van der Waals surface area contributed by atoms with Crippen molar-refractivity contribution in [3.63, 3.8) is 0 Å². The normalized spacial score (nSPS) is 10.6. The molecule has 1 aromatic heterocycles. The lowest BCUT2D eigenvalue weighted by molar-refractivity contribution is -0.121. The minimum absolute atomic E-state index is 0.132. The van der Waals surface area contributed by atoms with E-state index in [0.29, 0.717) is 18.1 Å². The molecule has 6 nitrogen and oxygen atoms in total. The minimum atomic E-state index is -0.340. The fourth-order valence-electron chi connectivity index (χ4n) is 2.88. The maximum absolute atomic E-state index is 12.0. The molecule has 0 spiro atoms. The number of para-hydroxylation sites is 2. The quantitative estimate of drug-likeness (QED) is 0.363. The van der Waals surface area contributed by atoms with Crippen LogP contribution in [0, 0.1) is 0 Å². The van der Waals surface area contributed by atoms with E-state index in [1.807, 2.05) is 60.7 Å². The molecule has 156 valence electrons. The summed E-state index contributed by atoms with van der Waals surface area (Å²) >= 11 is 8.55. The zero-order valence-corrected chi connectivity index (χ0v) is 18.7. The predicted octanol–water partition coefficient (Wildman–Crippen LogP) is 5.07. The van der Waals surface area contributed by atoms with Gasteiger partial charge in [0.25, 0.3) is 5.91 Å². The van der Waals surface area contributed by atoms with Crippen molar-refractivity contribution in [2.24, 2.45) is 0 Å². The maximum Gasteiger partial charge on any atom is 0.264 e. The van der Waals surface area contributed by atoms with E-state index < -0.39 is 0 Å². The number of anilines is 1. The van der Waals surface area contributed by atoms with E-state index in [9.17, 15) is 4.79 Å². The fourth-order valence-corrected chi connectivity index (χ4v) is 3.38. The number of hydrogen-bond acceptors (Lipinski definition) is 5. The molecular formula is C23H18BrN3O3S. The van der Waals surface area contributed by atoms with Crippen LogP contribution in [0.4, 0.5) is 5.69 Å². The molecule has 31 heavy (non-hydrogen) atoms. The van der Waals surface area contributed by atoms with Crippen molar-refractivity contribution >= 4 is 56.0 Å². The third-order valence-corrected chi connectivity index (χ3v) is 5.07. The van der Waals surface area contributed by atoms with Crippen molar-refractivity contribution in [2.75, 3.05) is 11.9 Å². The molecule has 0 aliphatic carbocycles. The molecule has 0 atom stereocenters. The summed E-state index contributed by atoms with van der Waals surface area (Å²) in [6.07, 6.45) is 0.587. The number of benzene rings is 3. The van der Waals surface area contributed by atoms with Crippen LogP contribution in [0.5, 0.6) is 5.75 Å². The summed E-state index contributed by atoms with van der Waals surface area (Å²) in [6.45, 7) is -0.132. The number of amides is 1. The van der Waals surface area contributed by atoms with E-state index in [4.69, 9.17) is 21.4 Å². The van der Waals surface area contributed by atoms with Crippen LogP contribution in [-0.4, -0.2) is 22.6 Å². The lowest BCUT2D eigenvalue weighted by Gasteiger charge is -2.11. The number of carbonyl (C=O) groups excluding carboxylic acids is 1. The van der Waals surface area contributed by atoms with Crippen LogP contribution in [-0.2, 0) is 11.2 Å². The number of carbonyl (C=O) groups is 1. The van der Waals surface area contributed by atoms with Gasteiger partial charge in [0.1, 0.15) is 11.3 Å². The summed E-state index contributed by atoms with van der Waals surface area (Å²) in [5, 5.41) is 5.80. The molecule has 4 rings (SSSR count). The van der Waals surface area contributed by atoms with E-state index in [0.717, 1.165) is 26.8 Å². The smallest absolute Gasteiger partial charge is 0.264 e. The van der Waals surface area contributed by atoms with Gasteiger partial charge >= 0.3 is 0 Å². The highest BCUT2D eigenvalue weighted by molar-refractivity contribution is 9.10. The highest BCUT2D eigenvalue weighted by Gasteiger charge is 2.08. The number of aromatic nitrogens is 1. The molecule has 0 saturated carbocycles. The van der Waals surface area contributed by atoms with Crippen molar-refractivity contribution in [3.05, 3.63) is 88.7 Å². The molecule has 0 aliphatic rings. The zero-order valence-electron chi connectivity index (χ0n) is 16.3. The van der Waals surface area contributed by atoms with Crippen molar-refractivity contribution in [1.29, 1.82) is 0 Å². The zero-order chi connectivity index (χ0) is 21.6. The second-order valence-corrected chi connectivity index (χ2v) is 8.02. The molecule has 2 N–H and O–H groups in total. The Labute approximate surface area is 192 Å². The highest BCUT2D eigenvalue weighted by atomic mass is 79.9. The third kappa shape index (κ3) is 5.90. The van der Waals surface area contributed by atoms with Crippen LogP contribution in [0.15, 0.2) is 81.7 Å². The Hall–Kier alpha value is -3.23. The van der Waals surface area contributed by atoms with Gasteiger partial charge in [-0.15, -0.1) is 0 Å². The van der Waals surface area contributed by atoms with Gasteiger partial charge in [0.2, 0.25) is 0 Å². The molecule has 0 saturated heterocycles. The summed E-state index contributed by atoms with van der Waals surface area (Å²) in [6, 6.07) is 22.6. The monoisotopic (exact) mass is 495 g/mol. The van der Waals surface area contributed by atoms with Gasteiger partial charge in [-0.05, 0) is 66.3 Å². The molecule has 0 fully saturated rings. The first-order chi connectivity index (χ1) is 15.0. The Balaban J connectivity index is 1.26. The average Bonchev–Trinajstić information content (AvgIpc) is 3.17. The van der Waals surface area contributed by atoms with Crippen molar-refractivity contribution < 1.29 is 13.9 Å². The van der Waals surface area contributed by atoms with Gasteiger partial charge in [-0.1, -0.05) is 40.2 Å². The number of thiocarbonyl (C=S) groups is 1. The van der Waals surface area contributed by atoms with Gasteiger partial charge < -0.3 is 14.5 Å². The van der Waals surface area contributed by atoms with E-state index >= 15 is 0 Å². The van der Waals surface area contributed by atoms with Gasteiger partial charge in [0, 0.05) is 16.6 Å². The van der Waals surface area contributed by atoms with Crippen LogP contribution >= 0.6 is 28.1 Å². The first kappa shape index (κ1) is 21.0. The number of halogens is 1. The van der Waals surface area contributed by atoms with E-state index in [1.54, 1.807) is 12.1 Å². The lowest BCUT2D eigenvalue weighted by Crippen LogP contribution is -2.37. The van der Waals surface area contributed by atoms with Crippen LogP contribution in [0.3, 0.4) is 0 Å². The minimum Gasteiger partial charge on any atom is -0.484 e. The summed E-state index contributed by atoms with van der Waals surface area (Å²) in [4.78, 5) is 16.5. The summed E-state index contributed by atoms with van der Waals surface area (Å²) < 4.78 is 12.1. The molecular weight excluding hydrogens is 478 g/mol. The highest BCUT2D eigenvalue weighted by Crippen LogP contribution is 2.19. The van der Waals surface area contributed by atoms with E-state index in [2.05, 4.69) is 31.5 Å². The molecule has 0 aliphatic heterocycles. The second-order valence-electron chi connectivity index (χ2n) is 6.69. The molecule has 0 radical (unpaired) electrons. The number of nitrogens with zero attached hydrogens (tertiary/aromatic N) is 1. The summed E-state index contributed by atoms with van der Waals surface area (Å²) in [5.74, 6) is 0.926. The Bertz CT molecular complexity index is 1170. The standard InChI is InChI=1S/C23H18BrN3O3S/c24-16-7-11-18(12-8-16)29-14-21(28)27-23(31)25-17-9-5-15(6-10-17)13-22-26-19-3-1-2-4-20(19)30-22/h1-12H,13-14H2,(H2,25,27,28,31). The van der Waals surface area contributed by atoms with Gasteiger partial charge in [-0.25, -0.2) is 4.98 Å². The first-order valence-corrected chi connectivity index (χ1v) is 10.7. The molecule has 8 heteroatoms. The van der Waals surface area contributed by atoms with Gasteiger partial charge in [0.15, 0.2) is 23.2 Å². The Morgan fingerprint density at radius 2 is 1.77 bits per heavy atom. The van der Waals surface area contributed by atoms with Gasteiger partial charge in [0.05, 0.1) is 0 Å². The number of ether oxygens (including phenoxy) is 1. The third-order valence-electron chi connectivity index (χ3n) is 4.34. The van der Waals surface area contributed by atoms with E-state index in [-0.39, 0.29) is 17.6 Å². The van der Waals surface area contributed by atoms with E-state index in [1.165, 1.54) is 0 Å². The Morgan fingerprint density at radius 3 is 2.52 bits per heavy atom. The summed E-state index contributed by atoms with van der Waals surface area (Å²) in [5.41, 5.74) is 3.44. The maximum atomic E-state index is 12.0. The molecule has 1 amide bonds. The van der Waals surface area contributed by atoms with Gasteiger partial charge in [-0.3, -0.25) is 10.1 Å². The number of hydrogen-bond donors (Lipinski definition) is 2.